The highest BCUT2D eigenvalue weighted by Gasteiger charge is 2.40. The summed E-state index contributed by atoms with van der Waals surface area (Å²) >= 11 is 4.74. The van der Waals surface area contributed by atoms with E-state index in [9.17, 15) is 14.0 Å². The maximum Gasteiger partial charge on any atom is 0.243 e. The molecular weight excluding hydrogens is 457 g/mol. The number of aromatic nitrogens is 3. The zero-order chi connectivity index (χ0) is 24.1. The first-order valence-electron chi connectivity index (χ1n) is 11.7. The molecule has 0 bridgehead atoms. The van der Waals surface area contributed by atoms with Gasteiger partial charge in [0.15, 0.2) is 5.78 Å². The van der Waals surface area contributed by atoms with Gasteiger partial charge in [-0.1, -0.05) is 23.4 Å². The lowest BCUT2D eigenvalue weighted by Crippen LogP contribution is -2.42. The van der Waals surface area contributed by atoms with Crippen LogP contribution < -0.4 is 5.48 Å². The van der Waals surface area contributed by atoms with Crippen LogP contribution in [-0.4, -0.2) is 55.1 Å². The number of aryl methyl sites for hydroxylation is 1. The molecule has 2 N–H and O–H groups in total. The SMILES string of the molecule is O=C(CCCCn1cc(/C=C2\CN(C(C(=O)C3CC3)c3ccccc3F)CCC2S)nn1)NO. The van der Waals surface area contributed by atoms with Crippen LogP contribution in [0.2, 0.25) is 0 Å². The third-order valence-electron chi connectivity index (χ3n) is 6.37. The Morgan fingerprint density at radius 3 is 2.79 bits per heavy atom. The monoisotopic (exact) mass is 487 g/mol. The number of halogens is 1. The lowest BCUT2D eigenvalue weighted by Gasteiger charge is -2.37. The number of Topliss-reactive ketones (excluding diaryl/α,β-unsaturated/α-hetero) is 1. The molecule has 2 heterocycles. The van der Waals surface area contributed by atoms with Crippen LogP contribution >= 0.6 is 12.6 Å². The Hall–Kier alpha value is -2.56. The van der Waals surface area contributed by atoms with Crippen LogP contribution in [0.25, 0.3) is 6.08 Å². The standard InChI is InChI=1S/C24H30FN5O3S/c25-20-6-2-1-5-19(20)23(24(32)16-8-9-16)29-12-10-21(34)17(14-29)13-18-15-30(28-26-18)11-4-3-7-22(31)27-33/h1-2,5-6,13,15-16,21,23,33-34H,3-4,7-12,14H2,(H,27,31)/b17-13+. The van der Waals surface area contributed by atoms with Crippen molar-refractivity contribution < 1.29 is 19.2 Å². The van der Waals surface area contributed by atoms with Crippen molar-refractivity contribution in [1.82, 2.24) is 25.4 Å². The van der Waals surface area contributed by atoms with Gasteiger partial charge in [-0.15, -0.1) is 5.10 Å². The first-order chi connectivity index (χ1) is 16.5. The van der Waals surface area contributed by atoms with Gasteiger partial charge >= 0.3 is 0 Å². The second-order valence-corrected chi connectivity index (χ2v) is 9.62. The van der Waals surface area contributed by atoms with Crippen molar-refractivity contribution in [2.75, 3.05) is 13.1 Å². The summed E-state index contributed by atoms with van der Waals surface area (Å²) in [5, 5.41) is 16.9. The number of hydrogen-bond acceptors (Lipinski definition) is 7. The molecule has 0 spiro atoms. The maximum atomic E-state index is 14.7. The Morgan fingerprint density at radius 1 is 1.26 bits per heavy atom. The average molecular weight is 488 g/mol. The molecule has 1 aliphatic heterocycles. The van der Waals surface area contributed by atoms with Crippen molar-refractivity contribution in [3.8, 4) is 0 Å². The summed E-state index contributed by atoms with van der Waals surface area (Å²) in [6.07, 6.45) is 7.90. The number of nitrogens with zero attached hydrogens (tertiary/aromatic N) is 4. The van der Waals surface area contributed by atoms with Crippen LogP contribution in [0.4, 0.5) is 4.39 Å². The van der Waals surface area contributed by atoms with E-state index in [0.29, 0.717) is 37.3 Å². The molecule has 182 valence electrons. The highest BCUT2D eigenvalue weighted by atomic mass is 32.1. The number of likely N-dealkylation sites (tertiary alicyclic amines) is 1. The van der Waals surface area contributed by atoms with Gasteiger partial charge in [-0.25, -0.2) is 9.87 Å². The van der Waals surface area contributed by atoms with Crippen molar-refractivity contribution >= 4 is 30.4 Å². The number of unbranched alkanes of at least 4 members (excludes halogenated alkanes) is 1. The van der Waals surface area contributed by atoms with E-state index in [0.717, 1.165) is 31.3 Å². The van der Waals surface area contributed by atoms with Crippen molar-refractivity contribution in [3.63, 3.8) is 0 Å². The van der Waals surface area contributed by atoms with Crippen LogP contribution in [0.5, 0.6) is 0 Å². The van der Waals surface area contributed by atoms with Gasteiger partial charge in [-0.2, -0.15) is 12.6 Å². The fourth-order valence-corrected chi connectivity index (χ4v) is 4.64. The normalized spacial score (nSPS) is 20.9. The summed E-state index contributed by atoms with van der Waals surface area (Å²) < 4.78 is 16.4. The number of thiol groups is 1. The quantitative estimate of drug-likeness (QED) is 0.206. The summed E-state index contributed by atoms with van der Waals surface area (Å²) in [6, 6.07) is 5.96. The number of rotatable bonds is 10. The summed E-state index contributed by atoms with van der Waals surface area (Å²) in [6.45, 7) is 1.78. The van der Waals surface area contributed by atoms with E-state index in [1.165, 1.54) is 6.07 Å². The molecule has 2 atom stereocenters. The Morgan fingerprint density at radius 2 is 2.06 bits per heavy atom. The van der Waals surface area contributed by atoms with Crippen molar-refractivity contribution in [3.05, 3.63) is 53.1 Å². The molecule has 1 saturated heterocycles. The van der Waals surface area contributed by atoms with Gasteiger partial charge in [0, 0.05) is 42.8 Å². The van der Waals surface area contributed by atoms with E-state index < -0.39 is 11.9 Å². The first-order valence-corrected chi connectivity index (χ1v) is 12.2. The fourth-order valence-electron chi connectivity index (χ4n) is 4.37. The van der Waals surface area contributed by atoms with Crippen LogP contribution in [0.3, 0.4) is 0 Å². The molecule has 34 heavy (non-hydrogen) atoms. The molecule has 1 aromatic carbocycles. The number of carbonyl (C=O) groups is 2. The molecule has 1 aliphatic carbocycles. The molecule has 2 fully saturated rings. The minimum Gasteiger partial charge on any atom is -0.297 e. The molecule has 0 radical (unpaired) electrons. The summed E-state index contributed by atoms with van der Waals surface area (Å²) in [5.41, 5.74) is 3.78. The van der Waals surface area contributed by atoms with Crippen LogP contribution in [-0.2, 0) is 16.1 Å². The molecular formula is C24H30FN5O3S. The van der Waals surface area contributed by atoms with E-state index in [4.69, 9.17) is 17.8 Å². The molecule has 1 aromatic heterocycles. The largest absolute Gasteiger partial charge is 0.297 e. The van der Waals surface area contributed by atoms with Gasteiger partial charge in [0.1, 0.15) is 11.5 Å². The number of piperidine rings is 1. The fraction of sp³-hybridized carbons (Fsp3) is 0.500. The molecule has 2 aliphatic rings. The van der Waals surface area contributed by atoms with Crippen molar-refractivity contribution in [1.29, 1.82) is 0 Å². The Bertz CT molecular complexity index is 1050. The molecule has 8 nitrogen and oxygen atoms in total. The van der Waals surface area contributed by atoms with Gasteiger partial charge in [0.05, 0.1) is 12.2 Å². The Balaban J connectivity index is 1.46. The van der Waals surface area contributed by atoms with Gasteiger partial charge < -0.3 is 0 Å². The molecule has 2 unspecified atom stereocenters. The number of nitrogens with one attached hydrogen (secondary N) is 1. The van der Waals surface area contributed by atoms with Gasteiger partial charge in [0.25, 0.3) is 0 Å². The van der Waals surface area contributed by atoms with Crippen LogP contribution in [0.15, 0.2) is 36.0 Å². The smallest absolute Gasteiger partial charge is 0.243 e. The number of carbonyl (C=O) groups excluding carboxylic acids is 2. The summed E-state index contributed by atoms with van der Waals surface area (Å²) in [5.74, 6) is -0.629. The second-order valence-electron chi connectivity index (χ2n) is 8.99. The summed E-state index contributed by atoms with van der Waals surface area (Å²) in [4.78, 5) is 26.3. The Kier molecular flexibility index (Phi) is 8.12. The number of hydrogen-bond donors (Lipinski definition) is 3. The number of hydroxylamine groups is 1. The highest BCUT2D eigenvalue weighted by Crippen LogP contribution is 2.39. The number of amides is 1. The zero-order valence-corrected chi connectivity index (χ0v) is 19.8. The predicted octanol–water partition coefficient (Wildman–Crippen LogP) is 3.20. The van der Waals surface area contributed by atoms with Crippen molar-refractivity contribution in [2.45, 2.75) is 56.4 Å². The average Bonchev–Trinajstić information content (AvgIpc) is 3.60. The predicted molar refractivity (Wildman–Crippen MR) is 128 cm³/mol. The van der Waals surface area contributed by atoms with Gasteiger partial charge in [0.2, 0.25) is 5.91 Å². The molecule has 2 aromatic rings. The van der Waals surface area contributed by atoms with Crippen LogP contribution in [0.1, 0.15) is 55.8 Å². The van der Waals surface area contributed by atoms with E-state index in [1.54, 1.807) is 28.4 Å². The van der Waals surface area contributed by atoms with E-state index in [2.05, 4.69) is 15.2 Å². The molecule has 1 saturated carbocycles. The highest BCUT2D eigenvalue weighted by molar-refractivity contribution is 7.81. The van der Waals surface area contributed by atoms with E-state index in [1.807, 2.05) is 12.3 Å². The minimum absolute atomic E-state index is 0.0223. The lowest BCUT2D eigenvalue weighted by atomic mass is 9.93. The third kappa shape index (κ3) is 6.11. The number of ketones is 1. The molecule has 1 amide bonds. The number of benzene rings is 1. The Labute approximate surface area is 203 Å². The maximum absolute atomic E-state index is 14.7. The molecule has 10 heteroatoms. The topological polar surface area (TPSA) is 100 Å². The van der Waals surface area contributed by atoms with Gasteiger partial charge in [-0.3, -0.25) is 24.4 Å². The van der Waals surface area contributed by atoms with E-state index in [-0.39, 0.29) is 29.2 Å². The van der Waals surface area contributed by atoms with Crippen LogP contribution in [0, 0.1) is 11.7 Å². The lowest BCUT2D eigenvalue weighted by molar-refractivity contribution is -0.129. The third-order valence-corrected chi connectivity index (χ3v) is 6.96. The van der Waals surface area contributed by atoms with Crippen molar-refractivity contribution in [2.24, 2.45) is 5.92 Å². The summed E-state index contributed by atoms with van der Waals surface area (Å²) in [7, 11) is 0. The molecule has 4 rings (SSSR count). The minimum atomic E-state index is -0.593. The van der Waals surface area contributed by atoms with E-state index >= 15 is 0 Å². The first kappa shape index (κ1) is 24.6. The zero-order valence-electron chi connectivity index (χ0n) is 18.9. The second kappa shape index (κ2) is 11.2. The van der Waals surface area contributed by atoms with Gasteiger partial charge in [-0.05, 0) is 49.8 Å².